The van der Waals surface area contributed by atoms with Gasteiger partial charge in [-0.1, -0.05) is 0 Å². The summed E-state index contributed by atoms with van der Waals surface area (Å²) in [7, 11) is 0. The summed E-state index contributed by atoms with van der Waals surface area (Å²) in [6, 6.07) is 0. The van der Waals surface area contributed by atoms with Crippen LogP contribution in [0.2, 0.25) is 0 Å². The molecular weight excluding hydrogens is 184 g/mol. The molecule has 5 heteroatoms. The third kappa shape index (κ3) is 2.45. The number of rotatable bonds is 2. The van der Waals surface area contributed by atoms with Crippen LogP contribution in [-0.4, -0.2) is 41.0 Å². The van der Waals surface area contributed by atoms with E-state index >= 15 is 0 Å². The van der Waals surface area contributed by atoms with Crippen LogP contribution < -0.4 is 5.73 Å². The fraction of sp³-hybridized carbons (Fsp3) is 0.667. The molecule has 5 nitrogen and oxygen atoms in total. The number of amides is 2. The highest BCUT2D eigenvalue weighted by Crippen LogP contribution is 2.13. The molecule has 14 heavy (non-hydrogen) atoms. The summed E-state index contributed by atoms with van der Waals surface area (Å²) in [4.78, 5) is 23.8. The molecule has 1 rings (SSSR count). The molecule has 2 amide bonds. The van der Waals surface area contributed by atoms with E-state index < -0.39 is 5.91 Å². The van der Waals surface area contributed by atoms with Gasteiger partial charge in [-0.25, -0.2) is 0 Å². The van der Waals surface area contributed by atoms with Gasteiger partial charge in [0.1, 0.15) is 5.92 Å². The average Bonchev–Trinajstić information content (AvgIpc) is 2.16. The van der Waals surface area contributed by atoms with Crippen LogP contribution in [0, 0.1) is 5.92 Å². The summed E-state index contributed by atoms with van der Waals surface area (Å²) >= 11 is 0. The van der Waals surface area contributed by atoms with Crippen molar-refractivity contribution in [2.45, 2.75) is 25.9 Å². The molecule has 0 spiro atoms. The number of carbonyl (C=O) groups excluding carboxylic acids is 2. The average molecular weight is 199 g/mol. The van der Waals surface area contributed by atoms with Crippen molar-refractivity contribution in [1.29, 1.82) is 0 Å². The molecule has 1 radical (unpaired) electrons. The van der Waals surface area contributed by atoms with E-state index in [4.69, 9.17) is 5.73 Å². The van der Waals surface area contributed by atoms with Crippen LogP contribution in [0.5, 0.6) is 0 Å². The lowest BCUT2D eigenvalue weighted by atomic mass is 10.0. The zero-order valence-corrected chi connectivity index (χ0v) is 8.19. The summed E-state index contributed by atoms with van der Waals surface area (Å²) in [5.74, 6) is -0.938. The summed E-state index contributed by atoms with van der Waals surface area (Å²) in [6.07, 6.45) is 0.809. The Hall–Kier alpha value is -1.10. The lowest BCUT2D eigenvalue weighted by Crippen LogP contribution is -2.44. The first-order valence-corrected chi connectivity index (χ1v) is 4.63. The highest BCUT2D eigenvalue weighted by molar-refractivity contribution is 6.13. The van der Waals surface area contributed by atoms with E-state index in [1.807, 2.05) is 0 Å². The molecule has 0 aliphatic carbocycles. The molecule has 1 heterocycles. The molecule has 0 aromatic heterocycles. The molecular formula is C9H15N2O3. The predicted octanol–water partition coefficient (Wildman–Crippen LogP) is -0.951. The van der Waals surface area contributed by atoms with Crippen molar-refractivity contribution in [2.75, 3.05) is 13.1 Å². The summed E-state index contributed by atoms with van der Waals surface area (Å²) in [6.45, 7) is 2.41. The number of aliphatic hydroxyl groups is 1. The second-order valence-corrected chi connectivity index (χ2v) is 3.51. The van der Waals surface area contributed by atoms with Crippen LogP contribution in [0.1, 0.15) is 19.8 Å². The van der Waals surface area contributed by atoms with E-state index in [0.29, 0.717) is 25.9 Å². The summed E-state index contributed by atoms with van der Waals surface area (Å²) < 4.78 is 0. The van der Waals surface area contributed by atoms with Crippen molar-refractivity contribution < 1.29 is 14.7 Å². The Balaban J connectivity index is 2.49. The van der Waals surface area contributed by atoms with Crippen molar-refractivity contribution in [3.05, 3.63) is 5.92 Å². The highest BCUT2D eigenvalue weighted by Gasteiger charge is 2.28. The van der Waals surface area contributed by atoms with Gasteiger partial charge in [0.05, 0.1) is 6.10 Å². The first kappa shape index (κ1) is 11.0. The molecule has 0 unspecified atom stereocenters. The van der Waals surface area contributed by atoms with E-state index in [1.54, 1.807) is 4.90 Å². The van der Waals surface area contributed by atoms with Gasteiger partial charge in [0.2, 0.25) is 11.8 Å². The van der Waals surface area contributed by atoms with Gasteiger partial charge in [0.15, 0.2) is 0 Å². The van der Waals surface area contributed by atoms with Crippen molar-refractivity contribution in [1.82, 2.24) is 4.90 Å². The van der Waals surface area contributed by atoms with Crippen LogP contribution in [0.15, 0.2) is 0 Å². The Morgan fingerprint density at radius 3 is 2.29 bits per heavy atom. The fourth-order valence-electron chi connectivity index (χ4n) is 1.41. The predicted molar refractivity (Wildman–Crippen MR) is 49.9 cm³/mol. The summed E-state index contributed by atoms with van der Waals surface area (Å²) in [5, 5.41) is 9.22. The number of likely N-dealkylation sites (tertiary alicyclic amines) is 1. The topological polar surface area (TPSA) is 83.6 Å². The van der Waals surface area contributed by atoms with Crippen LogP contribution >= 0.6 is 0 Å². The Kier molecular flexibility index (Phi) is 3.46. The largest absolute Gasteiger partial charge is 0.393 e. The van der Waals surface area contributed by atoms with Gasteiger partial charge in [0, 0.05) is 13.1 Å². The molecule has 1 saturated heterocycles. The van der Waals surface area contributed by atoms with Gasteiger partial charge >= 0.3 is 0 Å². The monoisotopic (exact) mass is 199 g/mol. The first-order valence-electron chi connectivity index (χ1n) is 4.63. The molecule has 3 N–H and O–H groups in total. The van der Waals surface area contributed by atoms with E-state index in [9.17, 15) is 14.7 Å². The van der Waals surface area contributed by atoms with E-state index in [0.717, 1.165) is 0 Å². The van der Waals surface area contributed by atoms with Crippen LogP contribution in [0.4, 0.5) is 0 Å². The lowest BCUT2D eigenvalue weighted by molar-refractivity contribution is -0.134. The fourth-order valence-corrected chi connectivity index (χ4v) is 1.41. The minimum atomic E-state index is -0.680. The van der Waals surface area contributed by atoms with Gasteiger partial charge in [0.25, 0.3) is 0 Å². The number of hydrogen-bond donors (Lipinski definition) is 2. The lowest BCUT2D eigenvalue weighted by Gasteiger charge is -2.30. The number of nitrogens with zero attached hydrogens (tertiary/aromatic N) is 1. The van der Waals surface area contributed by atoms with Gasteiger partial charge in [-0.2, -0.15) is 0 Å². The van der Waals surface area contributed by atoms with Gasteiger partial charge in [-0.15, -0.1) is 0 Å². The summed E-state index contributed by atoms with van der Waals surface area (Å²) in [5.41, 5.74) is 5.00. The van der Waals surface area contributed by atoms with Crippen LogP contribution in [-0.2, 0) is 9.59 Å². The Bertz CT molecular complexity index is 234. The number of carbonyl (C=O) groups is 2. The molecule has 0 aromatic rings. The molecule has 79 valence electrons. The second-order valence-electron chi connectivity index (χ2n) is 3.51. The highest BCUT2D eigenvalue weighted by atomic mass is 16.3. The van der Waals surface area contributed by atoms with E-state index in [2.05, 4.69) is 0 Å². The first-order chi connectivity index (χ1) is 6.52. The SMILES string of the molecule is C[C](C(N)=O)C(=O)N1CCC(O)CC1. The Morgan fingerprint density at radius 2 is 1.86 bits per heavy atom. The van der Waals surface area contributed by atoms with E-state index in [1.165, 1.54) is 6.92 Å². The third-order valence-electron chi connectivity index (χ3n) is 2.44. The number of hydrogen-bond acceptors (Lipinski definition) is 3. The zero-order valence-electron chi connectivity index (χ0n) is 8.19. The molecule has 1 aliphatic heterocycles. The van der Waals surface area contributed by atoms with Crippen molar-refractivity contribution in [3.8, 4) is 0 Å². The Morgan fingerprint density at radius 1 is 1.36 bits per heavy atom. The molecule has 0 aromatic carbocycles. The van der Waals surface area contributed by atoms with Gasteiger partial charge in [-0.05, 0) is 19.8 Å². The standard InChI is InChI=1S/C9H15N2O3/c1-6(8(10)13)9(14)11-4-2-7(12)3-5-11/h7,12H,2-5H2,1H3,(H2,10,13). The van der Waals surface area contributed by atoms with Crippen molar-refractivity contribution in [3.63, 3.8) is 0 Å². The Labute approximate surface area is 82.9 Å². The van der Waals surface area contributed by atoms with Gasteiger partial charge in [-0.3, -0.25) is 9.59 Å². The number of piperidine rings is 1. The quantitative estimate of drug-likeness (QED) is 0.562. The zero-order chi connectivity index (χ0) is 10.7. The molecule has 0 saturated carbocycles. The maximum Gasteiger partial charge on any atom is 0.239 e. The number of nitrogens with two attached hydrogens (primary N) is 1. The second kappa shape index (κ2) is 4.41. The minimum absolute atomic E-state index is 0.0568. The van der Waals surface area contributed by atoms with Gasteiger partial charge < -0.3 is 15.7 Å². The molecule has 0 atom stereocenters. The molecule has 0 bridgehead atoms. The molecule has 1 aliphatic rings. The van der Waals surface area contributed by atoms with Crippen molar-refractivity contribution in [2.24, 2.45) is 5.73 Å². The van der Waals surface area contributed by atoms with Crippen molar-refractivity contribution >= 4 is 11.8 Å². The third-order valence-corrected chi connectivity index (χ3v) is 2.44. The van der Waals surface area contributed by atoms with Crippen LogP contribution in [0.3, 0.4) is 0 Å². The van der Waals surface area contributed by atoms with Crippen LogP contribution in [0.25, 0.3) is 0 Å². The maximum atomic E-state index is 11.6. The number of aliphatic hydroxyl groups excluding tert-OH is 1. The maximum absolute atomic E-state index is 11.6. The normalized spacial score (nSPS) is 18.6. The minimum Gasteiger partial charge on any atom is -0.393 e. The van der Waals surface area contributed by atoms with E-state index in [-0.39, 0.29) is 17.9 Å². The number of primary amides is 1. The smallest absolute Gasteiger partial charge is 0.239 e. The molecule has 1 fully saturated rings.